The summed E-state index contributed by atoms with van der Waals surface area (Å²) in [6.07, 6.45) is 0.501. The quantitative estimate of drug-likeness (QED) is 0.544. The molecule has 19 heavy (non-hydrogen) atoms. The normalized spacial score (nSPS) is 17.8. The summed E-state index contributed by atoms with van der Waals surface area (Å²) < 4.78 is 22.6. The fourth-order valence-corrected chi connectivity index (χ4v) is 2.84. The molecular formula is C10H12ClN3NaO3S+. The molecule has 0 bridgehead atoms. The van der Waals surface area contributed by atoms with Crippen LogP contribution < -0.4 is 45.3 Å². The fourth-order valence-electron chi connectivity index (χ4n) is 1.74. The summed E-state index contributed by atoms with van der Waals surface area (Å²) in [4.78, 5) is 11.6. The fraction of sp³-hybridized carbons (Fsp3) is 0.300. The number of hydrogen-bond donors (Lipinski definition) is 3. The molecule has 0 saturated heterocycles. The molecule has 4 N–H and O–H groups in total. The second-order valence-corrected chi connectivity index (χ2v) is 5.89. The van der Waals surface area contributed by atoms with Crippen LogP contribution in [0.4, 0.5) is 5.69 Å². The van der Waals surface area contributed by atoms with Gasteiger partial charge in [0.2, 0.25) is 10.0 Å². The molecule has 0 saturated carbocycles. The molecule has 0 fully saturated rings. The Morgan fingerprint density at radius 2 is 2.00 bits per heavy atom. The van der Waals surface area contributed by atoms with E-state index >= 15 is 0 Å². The molecule has 2 rings (SSSR count). The monoisotopic (exact) mass is 312 g/mol. The minimum absolute atomic E-state index is 0. The number of amides is 1. The van der Waals surface area contributed by atoms with Crippen LogP contribution in [0.5, 0.6) is 0 Å². The van der Waals surface area contributed by atoms with Crippen molar-refractivity contribution in [3.63, 3.8) is 0 Å². The number of hydrogen-bond acceptors (Lipinski definition) is 4. The van der Waals surface area contributed by atoms with E-state index in [1.807, 2.05) is 6.92 Å². The second kappa shape index (κ2) is 5.99. The molecule has 1 aromatic rings. The minimum Gasteiger partial charge on any atom is -0.365 e. The van der Waals surface area contributed by atoms with Crippen molar-refractivity contribution in [1.82, 2.24) is 5.32 Å². The van der Waals surface area contributed by atoms with E-state index in [2.05, 4.69) is 10.6 Å². The molecule has 1 unspecified atom stereocenters. The number of anilines is 1. The molecule has 1 aliphatic heterocycles. The molecule has 0 radical (unpaired) electrons. The molecule has 1 heterocycles. The zero-order chi connectivity index (χ0) is 13.5. The van der Waals surface area contributed by atoms with Crippen LogP contribution in [0.15, 0.2) is 17.0 Å². The molecular weight excluding hydrogens is 301 g/mol. The van der Waals surface area contributed by atoms with Gasteiger partial charge in [-0.3, -0.25) is 4.79 Å². The van der Waals surface area contributed by atoms with Gasteiger partial charge in [0, 0.05) is 0 Å². The molecule has 98 valence electrons. The van der Waals surface area contributed by atoms with Crippen molar-refractivity contribution in [1.29, 1.82) is 0 Å². The van der Waals surface area contributed by atoms with Gasteiger partial charge in [0.05, 0.1) is 22.4 Å². The van der Waals surface area contributed by atoms with E-state index in [-0.39, 0.29) is 57.1 Å². The van der Waals surface area contributed by atoms with E-state index in [1.54, 1.807) is 0 Å². The van der Waals surface area contributed by atoms with E-state index < -0.39 is 10.0 Å². The van der Waals surface area contributed by atoms with Crippen LogP contribution in [0.1, 0.15) is 23.7 Å². The van der Waals surface area contributed by atoms with Gasteiger partial charge in [0.15, 0.2) is 0 Å². The van der Waals surface area contributed by atoms with Crippen LogP contribution in [0, 0.1) is 0 Å². The summed E-state index contributed by atoms with van der Waals surface area (Å²) in [5, 5.41) is 10.8. The number of nitrogens with one attached hydrogen (secondary N) is 2. The number of fused-ring (bicyclic) bond motifs is 1. The van der Waals surface area contributed by atoms with Gasteiger partial charge in [-0.1, -0.05) is 18.5 Å². The first kappa shape index (κ1) is 16.7. The maximum Gasteiger partial charge on any atom is 1.00 e. The minimum atomic E-state index is -3.95. The molecule has 1 amide bonds. The number of primary sulfonamides is 1. The van der Waals surface area contributed by atoms with E-state index in [0.29, 0.717) is 12.1 Å². The van der Waals surface area contributed by atoms with Gasteiger partial charge >= 0.3 is 29.6 Å². The Morgan fingerprint density at radius 3 is 2.53 bits per heavy atom. The van der Waals surface area contributed by atoms with Crippen molar-refractivity contribution in [2.24, 2.45) is 5.14 Å². The van der Waals surface area contributed by atoms with Crippen molar-refractivity contribution in [3.8, 4) is 0 Å². The predicted octanol–water partition coefficient (Wildman–Crippen LogP) is -2.12. The maximum atomic E-state index is 11.8. The zero-order valence-electron chi connectivity index (χ0n) is 10.5. The molecule has 9 heteroatoms. The zero-order valence-corrected chi connectivity index (χ0v) is 14.1. The molecule has 6 nitrogen and oxygen atoms in total. The Kier molecular flexibility index (Phi) is 5.28. The van der Waals surface area contributed by atoms with Gasteiger partial charge in [0.1, 0.15) is 4.90 Å². The third kappa shape index (κ3) is 3.42. The number of carbonyl (C=O) groups is 1. The summed E-state index contributed by atoms with van der Waals surface area (Å²) in [5.41, 5.74) is 0.719. The Morgan fingerprint density at radius 1 is 1.37 bits per heavy atom. The average Bonchev–Trinajstić information content (AvgIpc) is 2.26. The first-order valence-electron chi connectivity index (χ1n) is 5.26. The first-order valence-corrected chi connectivity index (χ1v) is 7.19. The Balaban J connectivity index is 0.00000180. The van der Waals surface area contributed by atoms with Gasteiger partial charge in [0.25, 0.3) is 5.91 Å². The topological polar surface area (TPSA) is 101 Å². The maximum absolute atomic E-state index is 11.8. The van der Waals surface area contributed by atoms with Crippen molar-refractivity contribution in [2.75, 3.05) is 5.32 Å². The molecule has 1 atom stereocenters. The third-order valence-electron chi connectivity index (χ3n) is 2.67. The summed E-state index contributed by atoms with van der Waals surface area (Å²) in [6, 6.07) is 2.58. The largest absolute Gasteiger partial charge is 1.00 e. The van der Waals surface area contributed by atoms with E-state index in [9.17, 15) is 13.2 Å². The number of benzene rings is 1. The summed E-state index contributed by atoms with van der Waals surface area (Å²) in [5.74, 6) is -0.350. The van der Waals surface area contributed by atoms with Crippen LogP contribution in [0.25, 0.3) is 0 Å². The smallest absolute Gasteiger partial charge is 0.365 e. The molecule has 0 spiro atoms. The van der Waals surface area contributed by atoms with E-state index in [0.717, 1.165) is 0 Å². The standard InChI is InChI=1S/C10H12ClN3O3S.Na/c1-2-9-13-7-4-6(11)8(18(12,16)17)3-5(7)10(15)14-9;/h3-4,9,13H,2H2,1H3,(H,14,15)(H2,12,16,17);/q;+1. The molecule has 0 aliphatic carbocycles. The van der Waals surface area contributed by atoms with Crippen molar-refractivity contribution < 1.29 is 42.8 Å². The van der Waals surface area contributed by atoms with Crippen molar-refractivity contribution in [2.45, 2.75) is 24.4 Å². The number of rotatable bonds is 2. The Bertz CT molecular complexity index is 621. The van der Waals surface area contributed by atoms with E-state index in [1.165, 1.54) is 12.1 Å². The number of halogens is 1. The summed E-state index contributed by atoms with van der Waals surface area (Å²) in [6.45, 7) is 1.91. The van der Waals surface area contributed by atoms with Crippen LogP contribution in [0.3, 0.4) is 0 Å². The molecule has 0 aromatic heterocycles. The Labute approximate surface area is 138 Å². The van der Waals surface area contributed by atoms with Gasteiger partial charge in [-0.05, 0) is 18.6 Å². The van der Waals surface area contributed by atoms with Gasteiger partial charge in [-0.2, -0.15) is 0 Å². The van der Waals surface area contributed by atoms with Gasteiger partial charge < -0.3 is 10.6 Å². The summed E-state index contributed by atoms with van der Waals surface area (Å²) in [7, 11) is -3.95. The summed E-state index contributed by atoms with van der Waals surface area (Å²) >= 11 is 5.85. The van der Waals surface area contributed by atoms with E-state index in [4.69, 9.17) is 16.7 Å². The van der Waals surface area contributed by atoms with Gasteiger partial charge in [-0.15, -0.1) is 0 Å². The number of nitrogens with two attached hydrogens (primary N) is 1. The Hall–Kier alpha value is -0.310. The second-order valence-electron chi connectivity index (χ2n) is 3.95. The molecule has 1 aliphatic rings. The number of sulfonamides is 1. The average molecular weight is 313 g/mol. The van der Waals surface area contributed by atoms with Crippen LogP contribution in [-0.2, 0) is 10.0 Å². The predicted molar refractivity (Wildman–Crippen MR) is 68.0 cm³/mol. The van der Waals surface area contributed by atoms with Crippen LogP contribution in [-0.4, -0.2) is 20.5 Å². The SMILES string of the molecule is CCC1NC(=O)c2cc(S(N)(=O)=O)c(Cl)cc2N1.[Na+]. The first-order chi connectivity index (χ1) is 8.32. The number of carbonyl (C=O) groups excluding carboxylic acids is 1. The van der Waals surface area contributed by atoms with Crippen molar-refractivity contribution >= 4 is 33.2 Å². The third-order valence-corrected chi connectivity index (χ3v) is 4.04. The van der Waals surface area contributed by atoms with Crippen LogP contribution in [0.2, 0.25) is 5.02 Å². The van der Waals surface area contributed by atoms with Gasteiger partial charge in [-0.25, -0.2) is 13.6 Å². The van der Waals surface area contributed by atoms with Crippen LogP contribution >= 0.6 is 11.6 Å². The van der Waals surface area contributed by atoms with Crippen molar-refractivity contribution in [3.05, 3.63) is 22.7 Å². The molecule has 1 aromatic carbocycles.